The summed E-state index contributed by atoms with van der Waals surface area (Å²) in [6.45, 7) is 1.66. The Morgan fingerprint density at radius 1 is 1.33 bits per heavy atom. The molecule has 1 heterocycles. The average molecular weight is 316 g/mol. The van der Waals surface area contributed by atoms with Crippen LogP contribution in [0.1, 0.15) is 24.3 Å². The van der Waals surface area contributed by atoms with Gasteiger partial charge in [0.1, 0.15) is 11.6 Å². The fourth-order valence-corrected chi connectivity index (χ4v) is 2.21. The number of aliphatic hydroxyl groups excluding tert-OH is 1. The highest BCUT2D eigenvalue weighted by Crippen LogP contribution is 2.24. The van der Waals surface area contributed by atoms with Crippen LogP contribution in [0.5, 0.6) is 0 Å². The summed E-state index contributed by atoms with van der Waals surface area (Å²) >= 11 is 3.03. The summed E-state index contributed by atoms with van der Waals surface area (Å²) in [4.78, 5) is 0. The minimum Gasteiger partial charge on any atom is -0.387 e. The molecule has 0 amide bonds. The lowest BCUT2D eigenvalue weighted by Crippen LogP contribution is -2.09. The fraction of sp³-hybridized carbons (Fsp3) is 0.231. The third-order valence-corrected chi connectivity index (χ3v) is 3.37. The third-order valence-electron chi connectivity index (χ3n) is 2.76. The van der Waals surface area contributed by atoms with E-state index in [9.17, 15) is 13.9 Å². The van der Waals surface area contributed by atoms with Crippen molar-refractivity contribution in [2.45, 2.75) is 19.6 Å². The van der Waals surface area contributed by atoms with Crippen molar-refractivity contribution < 1.29 is 13.9 Å². The predicted molar refractivity (Wildman–Crippen MR) is 68.2 cm³/mol. The summed E-state index contributed by atoms with van der Waals surface area (Å²) in [7, 11) is 0. The van der Waals surface area contributed by atoms with Gasteiger partial charge >= 0.3 is 0 Å². The quantitative estimate of drug-likeness (QED) is 0.860. The molecule has 0 saturated carbocycles. The van der Waals surface area contributed by atoms with Crippen LogP contribution < -0.4 is 0 Å². The summed E-state index contributed by atoms with van der Waals surface area (Å²) in [5.41, 5.74) is 0.594. The Hall–Kier alpha value is -1.20. The molecule has 0 spiro atoms. The van der Waals surface area contributed by atoms with E-state index in [-0.39, 0.29) is 16.6 Å². The van der Waals surface area contributed by atoms with Gasteiger partial charge in [-0.25, -0.2) is 8.78 Å². The van der Waals surface area contributed by atoms with Gasteiger partial charge in [0.25, 0.3) is 0 Å². The highest BCUT2D eigenvalue weighted by atomic mass is 79.9. The van der Waals surface area contributed by atoms with E-state index < -0.39 is 17.7 Å². The maximum Gasteiger partial charge on any atom is 0.145 e. The van der Waals surface area contributed by atoms with Gasteiger partial charge in [-0.15, -0.1) is 0 Å². The van der Waals surface area contributed by atoms with E-state index in [1.165, 1.54) is 12.1 Å². The van der Waals surface area contributed by atoms with Gasteiger partial charge in [0.05, 0.1) is 17.1 Å². The van der Waals surface area contributed by atoms with Crippen molar-refractivity contribution in [3.8, 4) is 0 Å². The third kappa shape index (κ3) is 2.47. The Morgan fingerprint density at radius 3 is 2.72 bits per heavy atom. The number of hydrogen-bond acceptors (Lipinski definition) is 1. The highest BCUT2D eigenvalue weighted by molar-refractivity contribution is 9.10. The van der Waals surface area contributed by atoms with Gasteiger partial charge in [-0.1, -0.05) is 0 Å². The largest absolute Gasteiger partial charge is 0.387 e. The highest BCUT2D eigenvalue weighted by Gasteiger charge is 2.15. The molecule has 0 fully saturated rings. The van der Waals surface area contributed by atoms with Gasteiger partial charge in [-0.2, -0.15) is 0 Å². The molecule has 2 aromatic rings. The van der Waals surface area contributed by atoms with Crippen molar-refractivity contribution in [3.63, 3.8) is 0 Å². The minimum absolute atomic E-state index is 0.0255. The van der Waals surface area contributed by atoms with Crippen LogP contribution in [0.2, 0.25) is 0 Å². The van der Waals surface area contributed by atoms with Crippen molar-refractivity contribution >= 4 is 15.9 Å². The molecule has 1 aromatic heterocycles. The summed E-state index contributed by atoms with van der Waals surface area (Å²) in [6.07, 6.45) is 1.00. The minimum atomic E-state index is -0.682. The first-order valence-corrected chi connectivity index (χ1v) is 6.25. The Morgan fingerprint density at radius 2 is 2.06 bits per heavy atom. The first kappa shape index (κ1) is 13.2. The van der Waals surface area contributed by atoms with Crippen LogP contribution in [-0.2, 0) is 6.54 Å². The SMILES string of the molecule is CC(O)c1cccn1Cc1c(F)ccc(Br)c1F. The zero-order chi connectivity index (χ0) is 13.3. The first-order chi connectivity index (χ1) is 8.50. The Kier molecular flexibility index (Phi) is 3.82. The molecular formula is C13H12BrF2NO. The number of rotatable bonds is 3. The monoisotopic (exact) mass is 315 g/mol. The smallest absolute Gasteiger partial charge is 0.145 e. The molecule has 1 aromatic carbocycles. The van der Waals surface area contributed by atoms with Gasteiger partial charge in [0.2, 0.25) is 0 Å². The van der Waals surface area contributed by atoms with Gasteiger partial charge in [0.15, 0.2) is 0 Å². The zero-order valence-electron chi connectivity index (χ0n) is 9.70. The standard InChI is InChI=1S/C13H12BrF2NO/c1-8(18)12-3-2-6-17(12)7-9-11(15)5-4-10(14)13(9)16/h2-6,8,18H,7H2,1H3. The van der Waals surface area contributed by atoms with Crippen LogP contribution in [0.4, 0.5) is 8.78 Å². The van der Waals surface area contributed by atoms with E-state index in [1.54, 1.807) is 29.8 Å². The van der Waals surface area contributed by atoms with Crippen molar-refractivity contribution in [1.29, 1.82) is 0 Å². The first-order valence-electron chi connectivity index (χ1n) is 5.46. The number of aliphatic hydroxyl groups is 1. The van der Waals surface area contributed by atoms with E-state index in [1.807, 2.05) is 0 Å². The number of halogens is 3. The Bertz CT molecular complexity index is 566. The lowest BCUT2D eigenvalue weighted by molar-refractivity contribution is 0.189. The Labute approximate surface area is 112 Å². The second-order valence-electron chi connectivity index (χ2n) is 4.06. The van der Waals surface area contributed by atoms with Gasteiger partial charge in [-0.05, 0) is 47.1 Å². The van der Waals surface area contributed by atoms with Crippen molar-refractivity contribution in [2.75, 3.05) is 0 Å². The zero-order valence-corrected chi connectivity index (χ0v) is 11.3. The average Bonchev–Trinajstić information content (AvgIpc) is 2.78. The van der Waals surface area contributed by atoms with Gasteiger partial charge in [0, 0.05) is 17.5 Å². The summed E-state index contributed by atoms with van der Waals surface area (Å²) < 4.78 is 29.3. The molecule has 5 heteroatoms. The lowest BCUT2D eigenvalue weighted by atomic mass is 10.2. The molecule has 18 heavy (non-hydrogen) atoms. The molecule has 1 N–H and O–H groups in total. The van der Waals surface area contributed by atoms with Crippen LogP contribution in [0, 0.1) is 11.6 Å². The second kappa shape index (κ2) is 5.20. The normalized spacial score (nSPS) is 12.7. The molecule has 2 nitrogen and oxygen atoms in total. The molecule has 0 bridgehead atoms. The molecule has 96 valence electrons. The van der Waals surface area contributed by atoms with E-state index >= 15 is 0 Å². The van der Waals surface area contributed by atoms with Crippen LogP contribution in [0.15, 0.2) is 34.9 Å². The maximum absolute atomic E-state index is 13.8. The van der Waals surface area contributed by atoms with E-state index in [0.29, 0.717) is 5.69 Å². The Balaban J connectivity index is 2.40. The van der Waals surface area contributed by atoms with E-state index in [2.05, 4.69) is 15.9 Å². The van der Waals surface area contributed by atoms with Crippen molar-refractivity contribution in [3.05, 3.63) is 57.8 Å². The fourth-order valence-electron chi connectivity index (χ4n) is 1.83. The molecule has 0 radical (unpaired) electrons. The van der Waals surface area contributed by atoms with E-state index in [4.69, 9.17) is 0 Å². The van der Waals surface area contributed by atoms with Crippen molar-refractivity contribution in [2.24, 2.45) is 0 Å². The topological polar surface area (TPSA) is 25.2 Å². The maximum atomic E-state index is 13.8. The molecule has 1 atom stereocenters. The van der Waals surface area contributed by atoms with Crippen LogP contribution in [0.25, 0.3) is 0 Å². The molecule has 0 aliphatic rings. The summed E-state index contributed by atoms with van der Waals surface area (Å²) in [5.74, 6) is -1.21. The van der Waals surface area contributed by atoms with Crippen LogP contribution in [-0.4, -0.2) is 9.67 Å². The van der Waals surface area contributed by atoms with E-state index in [0.717, 1.165) is 0 Å². The summed E-state index contributed by atoms with van der Waals surface area (Å²) in [6, 6.07) is 6.00. The molecule has 0 aliphatic heterocycles. The molecule has 2 rings (SSSR count). The lowest BCUT2D eigenvalue weighted by Gasteiger charge is -2.13. The van der Waals surface area contributed by atoms with Crippen molar-refractivity contribution in [1.82, 2.24) is 4.57 Å². The summed E-state index contributed by atoms with van der Waals surface area (Å²) in [5, 5.41) is 9.55. The number of aromatic nitrogens is 1. The predicted octanol–water partition coefficient (Wildman–Crippen LogP) is 3.63. The number of benzene rings is 1. The number of hydrogen-bond donors (Lipinski definition) is 1. The second-order valence-corrected chi connectivity index (χ2v) is 4.91. The molecule has 1 unspecified atom stereocenters. The van der Waals surface area contributed by atoms with Gasteiger partial charge < -0.3 is 9.67 Å². The van der Waals surface area contributed by atoms with Gasteiger partial charge in [-0.3, -0.25) is 0 Å². The molecular weight excluding hydrogens is 304 g/mol. The number of nitrogens with zero attached hydrogens (tertiary/aromatic N) is 1. The molecule has 0 aliphatic carbocycles. The molecule has 0 saturated heterocycles. The van der Waals surface area contributed by atoms with Crippen LogP contribution >= 0.6 is 15.9 Å². The van der Waals surface area contributed by atoms with Crippen LogP contribution in [0.3, 0.4) is 0 Å².